The van der Waals surface area contributed by atoms with E-state index in [-0.39, 0.29) is 23.8 Å². The van der Waals surface area contributed by atoms with Crippen LogP contribution < -0.4 is 4.90 Å². The zero-order valence-corrected chi connectivity index (χ0v) is 21.6. The first-order valence-corrected chi connectivity index (χ1v) is 13.8. The zero-order chi connectivity index (χ0) is 27.9. The van der Waals surface area contributed by atoms with Crippen molar-refractivity contribution in [2.75, 3.05) is 24.5 Å². The van der Waals surface area contributed by atoms with Crippen LogP contribution in [0.4, 0.5) is 32.0 Å². The van der Waals surface area contributed by atoms with Gasteiger partial charge in [0.1, 0.15) is 4.21 Å². The van der Waals surface area contributed by atoms with Crippen molar-refractivity contribution >= 4 is 27.0 Å². The molecule has 4 rings (SSSR count). The molecule has 1 aliphatic rings. The van der Waals surface area contributed by atoms with Gasteiger partial charge in [0.25, 0.3) is 15.6 Å². The van der Waals surface area contributed by atoms with E-state index in [4.69, 9.17) is 0 Å². The van der Waals surface area contributed by atoms with Gasteiger partial charge in [-0.2, -0.15) is 30.6 Å². The van der Waals surface area contributed by atoms with Gasteiger partial charge in [-0.3, -0.25) is 0 Å². The van der Waals surface area contributed by atoms with Gasteiger partial charge in [0.15, 0.2) is 0 Å². The highest BCUT2D eigenvalue weighted by atomic mass is 32.2. The Bertz CT molecular complexity index is 1340. The predicted molar refractivity (Wildman–Crippen MR) is 132 cm³/mol. The highest BCUT2D eigenvalue weighted by Crippen LogP contribution is 2.50. The van der Waals surface area contributed by atoms with E-state index in [1.54, 1.807) is 16.3 Å². The first-order chi connectivity index (χ1) is 17.6. The number of hydrogen-bond acceptors (Lipinski definition) is 5. The van der Waals surface area contributed by atoms with E-state index >= 15 is 0 Å². The maximum Gasteiger partial charge on any atom is 0.430 e. The van der Waals surface area contributed by atoms with Crippen LogP contribution in [0.15, 0.2) is 70.3 Å². The number of anilines is 1. The third-order valence-electron chi connectivity index (χ3n) is 6.53. The summed E-state index contributed by atoms with van der Waals surface area (Å²) in [6.07, 6.45) is -11.6. The molecule has 3 aromatic rings. The Morgan fingerprint density at radius 1 is 0.947 bits per heavy atom. The van der Waals surface area contributed by atoms with Crippen LogP contribution in [0, 0.1) is 6.92 Å². The number of thiophene rings is 1. The Labute approximate surface area is 220 Å². The van der Waals surface area contributed by atoms with Crippen LogP contribution in [-0.2, 0) is 22.0 Å². The number of rotatable bonds is 6. The summed E-state index contributed by atoms with van der Waals surface area (Å²) in [5, 5.41) is 11.4. The van der Waals surface area contributed by atoms with E-state index in [2.05, 4.69) is 0 Å². The molecule has 5 nitrogen and oxygen atoms in total. The second-order valence-electron chi connectivity index (χ2n) is 9.09. The molecule has 2 aromatic carbocycles. The topological polar surface area (TPSA) is 60.9 Å². The van der Waals surface area contributed by atoms with E-state index < -0.39 is 39.6 Å². The number of halogens is 6. The summed E-state index contributed by atoms with van der Waals surface area (Å²) in [5.41, 5.74) is -4.18. The summed E-state index contributed by atoms with van der Waals surface area (Å²) >= 11 is 1.08. The fourth-order valence-corrected chi connectivity index (χ4v) is 7.20. The summed E-state index contributed by atoms with van der Waals surface area (Å²) < 4.78 is 108. The van der Waals surface area contributed by atoms with Crippen molar-refractivity contribution < 1.29 is 39.9 Å². The molecule has 1 aliphatic heterocycles. The minimum absolute atomic E-state index is 0.0605. The van der Waals surface area contributed by atoms with Crippen LogP contribution in [0.25, 0.3) is 0 Å². The monoisotopic (exact) mass is 578 g/mol. The summed E-state index contributed by atoms with van der Waals surface area (Å²) in [5.74, 6) is 0. The molecule has 1 fully saturated rings. The zero-order valence-electron chi connectivity index (χ0n) is 20.0. The number of piperazine rings is 1. The SMILES string of the molecule is Cc1cccc(C[C@@H]2CN(S(=O)(=O)c3cccs3)CCN2c2ccc(C(O)(C(F)(F)F)C(F)(F)F)cc2)c1. The number of benzene rings is 2. The highest BCUT2D eigenvalue weighted by molar-refractivity contribution is 7.91. The molecule has 0 spiro atoms. The van der Waals surface area contributed by atoms with E-state index in [0.717, 1.165) is 34.6 Å². The smallest absolute Gasteiger partial charge is 0.369 e. The molecule has 0 radical (unpaired) electrons. The highest BCUT2D eigenvalue weighted by Gasteiger charge is 2.71. The lowest BCUT2D eigenvalue weighted by atomic mass is 9.92. The standard InChI is InChI=1S/C25H24F6N2O3S2/c1-17-4-2-5-18(14-17)15-21-16-32(38(35,36)22-6-3-13-37-22)11-12-33(21)20-9-7-19(8-10-20)23(34,24(26,27)28)25(29,30)31/h2-10,13-14,21,34H,11-12,15-16H2,1H3/t21-/m1/s1. The van der Waals surface area contributed by atoms with Gasteiger partial charge in [0.05, 0.1) is 0 Å². The van der Waals surface area contributed by atoms with Crippen LogP contribution in [-0.4, -0.2) is 55.9 Å². The lowest BCUT2D eigenvalue weighted by molar-refractivity contribution is -0.376. The molecule has 1 N–H and O–H groups in total. The second kappa shape index (κ2) is 10.2. The van der Waals surface area contributed by atoms with Gasteiger partial charge < -0.3 is 10.0 Å². The largest absolute Gasteiger partial charge is 0.430 e. The van der Waals surface area contributed by atoms with E-state index in [1.807, 2.05) is 31.2 Å². The van der Waals surface area contributed by atoms with E-state index in [1.165, 1.54) is 10.4 Å². The molecule has 0 aliphatic carbocycles. The average Bonchev–Trinajstić information content (AvgIpc) is 3.38. The predicted octanol–water partition coefficient (Wildman–Crippen LogP) is 5.49. The molecule has 0 amide bonds. The Balaban J connectivity index is 1.67. The third-order valence-corrected chi connectivity index (χ3v) is 9.76. The molecule has 0 unspecified atom stereocenters. The van der Waals surface area contributed by atoms with Crippen molar-refractivity contribution in [3.05, 3.63) is 82.7 Å². The maximum absolute atomic E-state index is 13.3. The van der Waals surface area contributed by atoms with Gasteiger partial charge in [0, 0.05) is 36.9 Å². The van der Waals surface area contributed by atoms with Gasteiger partial charge in [-0.25, -0.2) is 8.42 Å². The fourth-order valence-electron chi connectivity index (χ4n) is 4.59. The molecule has 1 atom stereocenters. The second-order valence-corrected chi connectivity index (χ2v) is 12.2. The van der Waals surface area contributed by atoms with Gasteiger partial charge >= 0.3 is 12.4 Å². The summed E-state index contributed by atoms with van der Waals surface area (Å²) in [4.78, 5) is 1.77. The molecule has 1 aromatic heterocycles. The lowest BCUT2D eigenvalue weighted by Gasteiger charge is -2.42. The minimum atomic E-state index is -5.98. The summed E-state index contributed by atoms with van der Waals surface area (Å²) in [6.45, 7) is 2.19. The van der Waals surface area contributed by atoms with Crippen LogP contribution in [0.5, 0.6) is 0 Å². The molecular formula is C25H24F6N2O3S2. The lowest BCUT2D eigenvalue weighted by Crippen LogP contribution is -2.55. The number of sulfonamides is 1. The quantitative estimate of drug-likeness (QED) is 0.393. The molecular weight excluding hydrogens is 554 g/mol. The first-order valence-electron chi connectivity index (χ1n) is 11.5. The Morgan fingerprint density at radius 2 is 1.61 bits per heavy atom. The molecule has 0 bridgehead atoms. The number of hydrogen-bond donors (Lipinski definition) is 1. The van der Waals surface area contributed by atoms with Crippen molar-refractivity contribution in [1.29, 1.82) is 0 Å². The van der Waals surface area contributed by atoms with Crippen molar-refractivity contribution in [1.82, 2.24) is 4.31 Å². The van der Waals surface area contributed by atoms with Crippen molar-refractivity contribution in [3.63, 3.8) is 0 Å². The summed E-state index contributed by atoms with van der Waals surface area (Å²) in [6, 6.07) is 13.6. The molecule has 1 saturated heterocycles. The first kappa shape index (κ1) is 28.4. The Kier molecular flexibility index (Phi) is 7.60. The van der Waals surface area contributed by atoms with Gasteiger partial charge in [-0.15, -0.1) is 11.3 Å². The van der Waals surface area contributed by atoms with E-state index in [0.29, 0.717) is 24.2 Å². The molecule has 38 heavy (non-hydrogen) atoms. The fraction of sp³-hybridized carbons (Fsp3) is 0.360. The molecule has 0 saturated carbocycles. The van der Waals surface area contributed by atoms with Crippen molar-refractivity contribution in [3.8, 4) is 0 Å². The average molecular weight is 579 g/mol. The van der Waals surface area contributed by atoms with Crippen LogP contribution >= 0.6 is 11.3 Å². The number of nitrogens with zero attached hydrogens (tertiary/aromatic N) is 2. The summed E-state index contributed by atoms with van der Waals surface area (Å²) in [7, 11) is -3.77. The molecule has 13 heteroatoms. The molecule has 2 heterocycles. The number of alkyl halides is 6. The Hall–Kier alpha value is -2.61. The van der Waals surface area contributed by atoms with Crippen LogP contribution in [0.3, 0.4) is 0 Å². The van der Waals surface area contributed by atoms with Crippen molar-refractivity contribution in [2.45, 2.75) is 41.5 Å². The van der Waals surface area contributed by atoms with E-state index in [9.17, 15) is 39.9 Å². The van der Waals surface area contributed by atoms with Crippen LogP contribution in [0.2, 0.25) is 0 Å². The van der Waals surface area contributed by atoms with Gasteiger partial charge in [-0.05, 0) is 42.5 Å². The maximum atomic E-state index is 13.3. The number of aryl methyl sites for hydroxylation is 1. The Morgan fingerprint density at radius 3 is 2.16 bits per heavy atom. The normalized spacial score (nSPS) is 18.1. The van der Waals surface area contributed by atoms with Gasteiger partial charge in [0.2, 0.25) is 0 Å². The van der Waals surface area contributed by atoms with Gasteiger partial charge in [-0.1, -0.05) is 48.0 Å². The number of aliphatic hydroxyl groups is 1. The minimum Gasteiger partial charge on any atom is -0.369 e. The molecule has 206 valence electrons. The van der Waals surface area contributed by atoms with Crippen LogP contribution in [0.1, 0.15) is 16.7 Å². The van der Waals surface area contributed by atoms with Crippen molar-refractivity contribution in [2.24, 2.45) is 0 Å². The third kappa shape index (κ3) is 5.29.